The molecule has 0 aliphatic rings. The Morgan fingerprint density at radius 2 is 1.72 bits per heavy atom. The molecule has 0 saturated carbocycles. The summed E-state index contributed by atoms with van der Waals surface area (Å²) in [6.07, 6.45) is 4.50. The van der Waals surface area contributed by atoms with E-state index in [9.17, 15) is 8.42 Å². The first-order valence-electron chi connectivity index (χ1n) is 5.44. The molecule has 0 saturated heterocycles. The summed E-state index contributed by atoms with van der Waals surface area (Å²) in [4.78, 5) is 4.03. The lowest BCUT2D eigenvalue weighted by molar-refractivity contribution is 0.610. The fourth-order valence-electron chi connectivity index (χ4n) is 1.66. The van der Waals surface area contributed by atoms with Crippen LogP contribution in [-0.4, -0.2) is 19.7 Å². The second-order valence-electron chi connectivity index (χ2n) is 3.97. The molecule has 1 heterocycles. The minimum atomic E-state index is -3.21. The van der Waals surface area contributed by atoms with Gasteiger partial charge in [0, 0.05) is 35.2 Å². The van der Waals surface area contributed by atoms with Gasteiger partial charge >= 0.3 is 0 Å². The van der Waals surface area contributed by atoms with E-state index >= 15 is 0 Å². The minimum absolute atomic E-state index is 0.659. The minimum Gasteiger partial charge on any atom is -0.264 e. The third kappa shape index (κ3) is 3.28. The number of rotatable bonds is 3. The summed E-state index contributed by atoms with van der Waals surface area (Å²) < 4.78 is 23.0. The summed E-state index contributed by atoms with van der Waals surface area (Å²) in [6, 6.07) is 13.0. The molecule has 0 bridgehead atoms. The summed E-state index contributed by atoms with van der Waals surface area (Å²) in [7, 11) is -3.21. The lowest BCUT2D eigenvalue weighted by Gasteiger charge is -2.07. The molecular formula is C14H13NO2S. The van der Waals surface area contributed by atoms with Crippen LogP contribution in [-0.2, 0) is 9.84 Å². The zero-order valence-corrected chi connectivity index (χ0v) is 10.8. The number of nitrogens with zero attached hydrogens (tertiary/aromatic N) is 1. The Morgan fingerprint density at radius 3 is 2.28 bits per heavy atom. The molecule has 1 aromatic carbocycles. The smallest absolute Gasteiger partial charge is 0.169 e. The molecule has 3 nitrogen and oxygen atoms in total. The number of hydrogen-bond acceptors (Lipinski definition) is 3. The Kier molecular flexibility index (Phi) is 3.58. The third-order valence-corrected chi connectivity index (χ3v) is 3.05. The molecule has 2 aromatic rings. The standard InChI is InChI=1S/C14H13NO2S/c1-18(16,17)11-14(12-6-3-2-4-7-12)13-8-5-9-15-10-13/h2-11H,1H3/b14-11+. The summed E-state index contributed by atoms with van der Waals surface area (Å²) in [6.45, 7) is 0. The summed E-state index contributed by atoms with van der Waals surface area (Å²) >= 11 is 0. The van der Waals surface area contributed by atoms with E-state index in [-0.39, 0.29) is 0 Å². The Hall–Kier alpha value is -1.94. The molecule has 0 unspecified atom stereocenters. The van der Waals surface area contributed by atoms with Crippen molar-refractivity contribution in [2.24, 2.45) is 0 Å². The largest absolute Gasteiger partial charge is 0.264 e. The van der Waals surface area contributed by atoms with Crippen LogP contribution in [0.4, 0.5) is 0 Å². The van der Waals surface area contributed by atoms with Crippen molar-refractivity contribution in [2.75, 3.05) is 6.26 Å². The van der Waals surface area contributed by atoms with Gasteiger partial charge in [0.15, 0.2) is 9.84 Å². The number of pyridine rings is 1. The fourth-order valence-corrected chi connectivity index (χ4v) is 2.36. The topological polar surface area (TPSA) is 47.0 Å². The van der Waals surface area contributed by atoms with Gasteiger partial charge in [0.25, 0.3) is 0 Å². The molecule has 1 aromatic heterocycles. The highest BCUT2D eigenvalue weighted by Gasteiger charge is 2.08. The van der Waals surface area contributed by atoms with Gasteiger partial charge in [-0.25, -0.2) is 8.42 Å². The van der Waals surface area contributed by atoms with Gasteiger partial charge in [-0.1, -0.05) is 36.4 Å². The summed E-state index contributed by atoms with van der Waals surface area (Å²) in [5.74, 6) is 0. The Labute approximate surface area is 107 Å². The monoisotopic (exact) mass is 259 g/mol. The SMILES string of the molecule is CS(=O)(=O)/C=C(\c1ccccc1)c1cccnc1. The maximum absolute atomic E-state index is 11.5. The van der Waals surface area contributed by atoms with Crippen LogP contribution in [0.3, 0.4) is 0 Å². The van der Waals surface area contributed by atoms with Crippen molar-refractivity contribution in [3.05, 3.63) is 71.4 Å². The van der Waals surface area contributed by atoms with E-state index in [2.05, 4.69) is 4.98 Å². The molecule has 0 spiro atoms. The van der Waals surface area contributed by atoms with Crippen molar-refractivity contribution in [1.82, 2.24) is 4.98 Å². The molecule has 92 valence electrons. The van der Waals surface area contributed by atoms with E-state index in [0.29, 0.717) is 5.57 Å². The van der Waals surface area contributed by atoms with Gasteiger partial charge in [-0.05, 0) is 11.6 Å². The molecule has 0 N–H and O–H groups in total. The second kappa shape index (κ2) is 5.14. The Balaban J connectivity index is 2.60. The third-order valence-electron chi connectivity index (χ3n) is 2.39. The summed E-state index contributed by atoms with van der Waals surface area (Å²) in [5.41, 5.74) is 2.30. The van der Waals surface area contributed by atoms with E-state index in [1.165, 1.54) is 11.7 Å². The van der Waals surface area contributed by atoms with Crippen LogP contribution in [0.25, 0.3) is 5.57 Å². The maximum Gasteiger partial charge on any atom is 0.169 e. The highest BCUT2D eigenvalue weighted by Crippen LogP contribution is 2.23. The second-order valence-corrected chi connectivity index (χ2v) is 5.86. The number of aromatic nitrogens is 1. The van der Waals surface area contributed by atoms with Crippen LogP contribution in [0.1, 0.15) is 11.1 Å². The molecular weight excluding hydrogens is 246 g/mol. The van der Waals surface area contributed by atoms with Crippen LogP contribution in [0.5, 0.6) is 0 Å². The lowest BCUT2D eigenvalue weighted by Crippen LogP contribution is -1.95. The van der Waals surface area contributed by atoms with Gasteiger partial charge < -0.3 is 0 Å². The number of sulfone groups is 1. The van der Waals surface area contributed by atoms with Gasteiger partial charge in [-0.2, -0.15) is 0 Å². The quantitative estimate of drug-likeness (QED) is 0.851. The van der Waals surface area contributed by atoms with Crippen molar-refractivity contribution >= 4 is 15.4 Å². The molecule has 18 heavy (non-hydrogen) atoms. The van der Waals surface area contributed by atoms with Crippen LogP contribution in [0, 0.1) is 0 Å². The molecule has 0 amide bonds. The fraction of sp³-hybridized carbons (Fsp3) is 0.0714. The van der Waals surface area contributed by atoms with E-state index in [0.717, 1.165) is 11.1 Å². The van der Waals surface area contributed by atoms with Crippen LogP contribution >= 0.6 is 0 Å². The van der Waals surface area contributed by atoms with Crippen molar-refractivity contribution < 1.29 is 8.42 Å². The molecule has 0 fully saturated rings. The Morgan fingerprint density at radius 1 is 1.06 bits per heavy atom. The highest BCUT2D eigenvalue weighted by atomic mass is 32.2. The average molecular weight is 259 g/mol. The molecule has 4 heteroatoms. The first-order valence-corrected chi connectivity index (χ1v) is 7.39. The van der Waals surface area contributed by atoms with Crippen molar-refractivity contribution in [3.63, 3.8) is 0 Å². The predicted octanol–water partition coefficient (Wildman–Crippen LogP) is 2.52. The molecule has 2 rings (SSSR count). The molecule has 0 aliphatic carbocycles. The van der Waals surface area contributed by atoms with Crippen LogP contribution < -0.4 is 0 Å². The average Bonchev–Trinajstić information content (AvgIpc) is 2.37. The summed E-state index contributed by atoms with van der Waals surface area (Å²) in [5, 5.41) is 1.28. The number of hydrogen-bond donors (Lipinski definition) is 0. The zero-order valence-electron chi connectivity index (χ0n) is 9.95. The first kappa shape index (κ1) is 12.5. The molecule has 0 atom stereocenters. The maximum atomic E-state index is 11.5. The van der Waals surface area contributed by atoms with Crippen molar-refractivity contribution in [1.29, 1.82) is 0 Å². The zero-order chi connectivity index (χ0) is 13.0. The van der Waals surface area contributed by atoms with Crippen molar-refractivity contribution in [2.45, 2.75) is 0 Å². The van der Waals surface area contributed by atoms with Crippen molar-refractivity contribution in [3.8, 4) is 0 Å². The van der Waals surface area contributed by atoms with Crippen LogP contribution in [0.2, 0.25) is 0 Å². The lowest BCUT2D eigenvalue weighted by atomic mass is 10.0. The normalized spacial score (nSPS) is 12.4. The van der Waals surface area contributed by atoms with E-state index in [4.69, 9.17) is 0 Å². The predicted molar refractivity (Wildman–Crippen MR) is 72.6 cm³/mol. The highest BCUT2D eigenvalue weighted by molar-refractivity contribution is 7.93. The molecule has 0 aliphatic heterocycles. The van der Waals surface area contributed by atoms with Gasteiger partial charge in [-0.15, -0.1) is 0 Å². The van der Waals surface area contributed by atoms with Gasteiger partial charge in [0.1, 0.15) is 0 Å². The van der Waals surface area contributed by atoms with Gasteiger partial charge in [-0.3, -0.25) is 4.98 Å². The van der Waals surface area contributed by atoms with E-state index < -0.39 is 9.84 Å². The van der Waals surface area contributed by atoms with Gasteiger partial charge in [0.2, 0.25) is 0 Å². The van der Waals surface area contributed by atoms with E-state index in [1.807, 2.05) is 36.4 Å². The number of benzene rings is 1. The first-order chi connectivity index (χ1) is 8.56. The van der Waals surface area contributed by atoms with E-state index in [1.54, 1.807) is 18.5 Å². The molecule has 0 radical (unpaired) electrons. The van der Waals surface area contributed by atoms with Crippen LogP contribution in [0.15, 0.2) is 60.3 Å². The Bertz CT molecular complexity index is 605. The van der Waals surface area contributed by atoms with Gasteiger partial charge in [0.05, 0.1) is 0 Å².